The molecule has 1 aromatic carbocycles. The number of ketones is 1. The minimum absolute atomic E-state index is 0.0472. The van der Waals surface area contributed by atoms with Crippen LogP contribution in [0.4, 0.5) is 4.39 Å². The van der Waals surface area contributed by atoms with E-state index in [1.165, 1.54) is 11.3 Å². The number of carboxylic acids is 1. The maximum Gasteiger partial charge on any atom is 0.303 e. The maximum atomic E-state index is 14.4. The molecule has 0 saturated heterocycles. The van der Waals surface area contributed by atoms with Crippen LogP contribution >= 0.6 is 11.3 Å². The molecule has 6 heteroatoms. The van der Waals surface area contributed by atoms with E-state index >= 15 is 0 Å². The molecule has 156 valence electrons. The largest absolute Gasteiger partial charge is 0.481 e. The lowest BCUT2D eigenvalue weighted by molar-refractivity contribution is -0.137. The molecular weight excluding hydrogens is 391 g/mol. The normalized spacial score (nSPS) is 23.2. The Morgan fingerprint density at radius 3 is 2.76 bits per heavy atom. The van der Waals surface area contributed by atoms with Gasteiger partial charge >= 0.3 is 5.97 Å². The van der Waals surface area contributed by atoms with Crippen molar-refractivity contribution in [3.05, 3.63) is 47.4 Å². The van der Waals surface area contributed by atoms with Gasteiger partial charge in [-0.05, 0) is 30.4 Å². The predicted molar refractivity (Wildman–Crippen MR) is 113 cm³/mol. The van der Waals surface area contributed by atoms with Gasteiger partial charge in [0.2, 0.25) is 0 Å². The number of aliphatic carboxylic acids is 1. The molecule has 1 saturated carbocycles. The zero-order chi connectivity index (χ0) is 20.8. The summed E-state index contributed by atoms with van der Waals surface area (Å²) < 4.78 is 15.5. The first-order valence-corrected chi connectivity index (χ1v) is 11.0. The van der Waals surface area contributed by atoms with Crippen LogP contribution in [0.25, 0.3) is 10.1 Å². The second kappa shape index (κ2) is 10.1. The monoisotopic (exact) mass is 418 g/mol. The van der Waals surface area contributed by atoms with Gasteiger partial charge in [-0.3, -0.25) is 9.59 Å². The number of fused-ring (bicyclic) bond motifs is 1. The van der Waals surface area contributed by atoms with Crippen LogP contribution in [0.1, 0.15) is 55.9 Å². The minimum atomic E-state index is -1.20. The smallest absolute Gasteiger partial charge is 0.303 e. The number of Topliss-reactive ketones (excluding diaryl/α,β-unsaturated/α-hetero) is 1. The second-order valence-electron chi connectivity index (χ2n) is 7.73. The fraction of sp³-hybridized carbons (Fsp3) is 0.478. The van der Waals surface area contributed by atoms with Gasteiger partial charge in [0.15, 0.2) is 0 Å². The van der Waals surface area contributed by atoms with E-state index in [0.717, 1.165) is 34.2 Å². The summed E-state index contributed by atoms with van der Waals surface area (Å²) in [5.41, 5.74) is 0. The number of benzene rings is 1. The predicted octanol–water partition coefficient (Wildman–Crippen LogP) is 5.46. The molecule has 2 aromatic rings. The van der Waals surface area contributed by atoms with E-state index in [9.17, 15) is 19.1 Å². The number of carboxylic acid groups (broad SMARTS) is 1. The molecule has 2 N–H and O–H groups in total. The van der Waals surface area contributed by atoms with Crippen LogP contribution in [0.15, 0.2) is 42.5 Å². The summed E-state index contributed by atoms with van der Waals surface area (Å²) in [5, 5.41) is 20.2. The van der Waals surface area contributed by atoms with Crippen molar-refractivity contribution in [2.45, 2.75) is 57.2 Å². The summed E-state index contributed by atoms with van der Waals surface area (Å²) >= 11 is 1.51. The van der Waals surface area contributed by atoms with E-state index in [4.69, 9.17) is 5.11 Å². The fourth-order valence-corrected chi connectivity index (χ4v) is 5.06. The molecule has 0 radical (unpaired) electrons. The molecule has 4 nitrogen and oxygen atoms in total. The Labute approximate surface area is 174 Å². The highest BCUT2D eigenvalue weighted by Gasteiger charge is 2.40. The molecule has 0 unspecified atom stereocenters. The van der Waals surface area contributed by atoms with Gasteiger partial charge in [0.25, 0.3) is 0 Å². The van der Waals surface area contributed by atoms with Crippen LogP contribution in [0.2, 0.25) is 0 Å². The van der Waals surface area contributed by atoms with Crippen molar-refractivity contribution in [3.63, 3.8) is 0 Å². The number of aliphatic hydroxyl groups excluding tert-OH is 1. The number of halogens is 1. The molecule has 1 aromatic heterocycles. The summed E-state index contributed by atoms with van der Waals surface area (Å²) in [5.74, 6) is -1.69. The molecule has 3 rings (SSSR count). The van der Waals surface area contributed by atoms with Gasteiger partial charge in [-0.25, -0.2) is 4.39 Å². The number of allylic oxidation sites excluding steroid dienone is 1. The van der Waals surface area contributed by atoms with Crippen LogP contribution in [-0.4, -0.2) is 28.1 Å². The average Bonchev–Trinajstić information content (AvgIpc) is 3.23. The van der Waals surface area contributed by atoms with Crippen LogP contribution in [-0.2, 0) is 9.59 Å². The van der Waals surface area contributed by atoms with Crippen molar-refractivity contribution in [1.82, 2.24) is 0 Å². The Balaban J connectivity index is 1.56. The van der Waals surface area contributed by atoms with Crippen molar-refractivity contribution in [2.24, 2.45) is 11.8 Å². The molecule has 1 aliphatic carbocycles. The molecular formula is C23H27FO4S. The van der Waals surface area contributed by atoms with Crippen molar-refractivity contribution in [3.8, 4) is 0 Å². The number of unbranched alkanes of at least 4 members (excludes halogenated alkanes) is 3. The Bertz CT molecular complexity index is 842. The molecule has 4 atom stereocenters. The number of carbonyl (C=O) groups is 2. The first-order valence-electron chi connectivity index (χ1n) is 10.2. The van der Waals surface area contributed by atoms with E-state index in [1.54, 1.807) is 12.2 Å². The van der Waals surface area contributed by atoms with Gasteiger partial charge in [0.05, 0.1) is 0 Å². The zero-order valence-corrected chi connectivity index (χ0v) is 17.1. The summed E-state index contributed by atoms with van der Waals surface area (Å²) in [6.45, 7) is 0. The lowest BCUT2D eigenvalue weighted by Crippen LogP contribution is -2.16. The third kappa shape index (κ3) is 5.73. The van der Waals surface area contributed by atoms with Crippen molar-refractivity contribution >= 4 is 33.2 Å². The zero-order valence-electron chi connectivity index (χ0n) is 16.3. The van der Waals surface area contributed by atoms with Gasteiger partial charge < -0.3 is 10.2 Å². The SMILES string of the molecule is O=C(O)CCCCCC[C@H]1C(=O)C[C@@H](F)[C@@H]1/C=C/[C@@H](O)c1cc2ccccc2s1. The minimum Gasteiger partial charge on any atom is -0.481 e. The Morgan fingerprint density at radius 2 is 2.00 bits per heavy atom. The van der Waals surface area contributed by atoms with E-state index < -0.39 is 24.2 Å². The number of hydrogen-bond acceptors (Lipinski definition) is 4. The molecule has 1 aliphatic rings. The highest BCUT2D eigenvalue weighted by molar-refractivity contribution is 7.19. The number of hydrogen-bond donors (Lipinski definition) is 2. The molecule has 0 bridgehead atoms. The molecule has 0 spiro atoms. The van der Waals surface area contributed by atoms with Crippen LogP contribution in [0, 0.1) is 11.8 Å². The van der Waals surface area contributed by atoms with Crippen molar-refractivity contribution < 1.29 is 24.2 Å². The van der Waals surface area contributed by atoms with Gasteiger partial charge in [0.1, 0.15) is 18.1 Å². The lowest BCUT2D eigenvalue weighted by Gasteiger charge is -2.17. The first-order chi connectivity index (χ1) is 14.0. The summed E-state index contributed by atoms with van der Waals surface area (Å²) in [6.07, 6.45) is 5.05. The number of aliphatic hydroxyl groups is 1. The molecule has 0 amide bonds. The highest BCUT2D eigenvalue weighted by Crippen LogP contribution is 2.37. The molecule has 29 heavy (non-hydrogen) atoms. The number of carbonyl (C=O) groups excluding carboxylic acids is 1. The third-order valence-electron chi connectivity index (χ3n) is 5.60. The molecule has 0 aliphatic heterocycles. The van der Waals surface area contributed by atoms with E-state index in [1.807, 2.05) is 30.3 Å². The average molecular weight is 419 g/mol. The van der Waals surface area contributed by atoms with Crippen molar-refractivity contribution in [1.29, 1.82) is 0 Å². The van der Waals surface area contributed by atoms with Gasteiger partial charge in [0, 0.05) is 34.3 Å². The fourth-order valence-electron chi connectivity index (χ4n) is 4.03. The summed E-state index contributed by atoms with van der Waals surface area (Å²) in [7, 11) is 0. The number of alkyl halides is 1. The molecule has 1 heterocycles. The van der Waals surface area contributed by atoms with Crippen LogP contribution < -0.4 is 0 Å². The van der Waals surface area contributed by atoms with Gasteiger partial charge in [-0.2, -0.15) is 0 Å². The van der Waals surface area contributed by atoms with Gasteiger partial charge in [-0.1, -0.05) is 49.6 Å². The quantitative estimate of drug-likeness (QED) is 0.397. The Kier molecular flexibility index (Phi) is 7.56. The lowest BCUT2D eigenvalue weighted by atomic mass is 9.89. The van der Waals surface area contributed by atoms with Crippen molar-refractivity contribution in [2.75, 3.05) is 0 Å². The van der Waals surface area contributed by atoms with E-state index in [-0.39, 0.29) is 24.5 Å². The number of thiophene rings is 1. The van der Waals surface area contributed by atoms with E-state index in [2.05, 4.69) is 0 Å². The highest BCUT2D eigenvalue weighted by atomic mass is 32.1. The topological polar surface area (TPSA) is 74.6 Å². The maximum absolute atomic E-state index is 14.4. The van der Waals surface area contributed by atoms with Crippen LogP contribution in [0.3, 0.4) is 0 Å². The Morgan fingerprint density at radius 1 is 1.24 bits per heavy atom. The Hall–Kier alpha value is -2.05. The summed E-state index contributed by atoms with van der Waals surface area (Å²) in [4.78, 5) is 23.6. The first kappa shape index (κ1) is 21.7. The second-order valence-corrected chi connectivity index (χ2v) is 8.85. The van der Waals surface area contributed by atoms with Gasteiger partial charge in [-0.15, -0.1) is 11.3 Å². The van der Waals surface area contributed by atoms with E-state index in [0.29, 0.717) is 12.8 Å². The third-order valence-corrected chi connectivity index (χ3v) is 6.79. The number of rotatable bonds is 10. The standard InChI is InChI=1S/C23H27FO4S/c24-18-14-20(26)17(8-3-1-2-4-10-23(27)28)16(18)11-12-19(25)22-13-15-7-5-6-9-21(15)29-22/h5-7,9,11-13,16-19,25H,1-4,8,10,14H2,(H,27,28)/b12-11+/t16-,17-,18-,19-/m1/s1. The molecule has 1 fully saturated rings. The van der Waals surface area contributed by atoms with Crippen LogP contribution in [0.5, 0.6) is 0 Å². The summed E-state index contributed by atoms with van der Waals surface area (Å²) in [6, 6.07) is 9.83.